The van der Waals surface area contributed by atoms with Crippen LogP contribution in [0.5, 0.6) is 0 Å². The van der Waals surface area contributed by atoms with Crippen molar-refractivity contribution in [3.8, 4) is 0 Å². The number of likely N-dealkylation sites (tertiary alicyclic amines) is 1. The number of H-pyrrole nitrogens is 1. The molecule has 0 radical (unpaired) electrons. The lowest BCUT2D eigenvalue weighted by molar-refractivity contribution is -0.132. The summed E-state index contributed by atoms with van der Waals surface area (Å²) in [6, 6.07) is 8.52. The van der Waals surface area contributed by atoms with Gasteiger partial charge in [-0.1, -0.05) is 12.1 Å². The van der Waals surface area contributed by atoms with Crippen molar-refractivity contribution in [1.29, 1.82) is 0 Å². The van der Waals surface area contributed by atoms with Gasteiger partial charge in [0.05, 0.1) is 5.60 Å². The van der Waals surface area contributed by atoms with Crippen LogP contribution in [0.15, 0.2) is 46.0 Å². The number of likely N-dealkylation sites (N-methyl/N-ethyl adjacent to an activating group) is 1. The van der Waals surface area contributed by atoms with E-state index in [1.807, 2.05) is 11.9 Å². The van der Waals surface area contributed by atoms with Crippen molar-refractivity contribution in [3.63, 3.8) is 0 Å². The third kappa shape index (κ3) is 5.87. The van der Waals surface area contributed by atoms with Crippen LogP contribution < -0.4 is 11.1 Å². The Morgan fingerprint density at radius 1 is 1.17 bits per heavy atom. The summed E-state index contributed by atoms with van der Waals surface area (Å²) >= 11 is 0. The number of benzene rings is 1. The lowest BCUT2D eigenvalue weighted by Crippen LogP contribution is -2.43. The molecule has 1 aliphatic heterocycles. The number of aliphatic hydroxyl groups is 1. The average Bonchev–Trinajstić information content (AvgIpc) is 2.88. The van der Waals surface area contributed by atoms with E-state index in [1.165, 1.54) is 12.1 Å². The molecular weight excluding hydrogens is 391 g/mol. The average molecular weight is 418 g/mol. The van der Waals surface area contributed by atoms with E-state index < -0.39 is 16.7 Å². The summed E-state index contributed by atoms with van der Waals surface area (Å²) in [5.74, 6) is -0.557. The van der Waals surface area contributed by atoms with Gasteiger partial charge in [-0.05, 0) is 44.0 Å². The summed E-state index contributed by atoms with van der Waals surface area (Å²) in [7, 11) is 1.90. The highest BCUT2D eigenvalue weighted by molar-refractivity contribution is 5.75. The van der Waals surface area contributed by atoms with Gasteiger partial charge in [-0.25, -0.2) is 9.07 Å². The van der Waals surface area contributed by atoms with Gasteiger partial charge in [0, 0.05) is 38.3 Å². The van der Waals surface area contributed by atoms with Gasteiger partial charge in [-0.2, -0.15) is 0 Å². The molecule has 30 heavy (non-hydrogen) atoms. The number of nitrogens with zero attached hydrogens (tertiary/aromatic N) is 3. The molecule has 9 heteroatoms. The number of hydrogen-bond donors (Lipinski definition) is 2. The first-order chi connectivity index (χ1) is 14.2. The zero-order valence-electron chi connectivity index (χ0n) is 17.0. The van der Waals surface area contributed by atoms with Crippen molar-refractivity contribution in [2.24, 2.45) is 0 Å². The van der Waals surface area contributed by atoms with Crippen LogP contribution in [0.2, 0.25) is 0 Å². The van der Waals surface area contributed by atoms with E-state index in [9.17, 15) is 23.9 Å². The number of hydrogen-bond acceptors (Lipinski definition) is 5. The van der Waals surface area contributed by atoms with Gasteiger partial charge in [0.25, 0.3) is 11.1 Å². The highest BCUT2D eigenvalue weighted by Gasteiger charge is 2.32. The van der Waals surface area contributed by atoms with E-state index in [0.29, 0.717) is 45.4 Å². The Hall–Kier alpha value is -2.78. The number of aromatic amines is 1. The van der Waals surface area contributed by atoms with Crippen molar-refractivity contribution in [2.75, 3.05) is 26.7 Å². The van der Waals surface area contributed by atoms with Crippen LogP contribution in [0.3, 0.4) is 0 Å². The van der Waals surface area contributed by atoms with E-state index >= 15 is 0 Å². The van der Waals surface area contributed by atoms with Gasteiger partial charge < -0.3 is 10.0 Å². The first-order valence-electron chi connectivity index (χ1n) is 9.97. The molecule has 0 bridgehead atoms. The molecule has 1 fully saturated rings. The Morgan fingerprint density at radius 3 is 2.63 bits per heavy atom. The summed E-state index contributed by atoms with van der Waals surface area (Å²) in [5.41, 5.74) is -0.884. The molecule has 1 aromatic carbocycles. The second-order valence-electron chi connectivity index (χ2n) is 7.99. The molecule has 1 aromatic heterocycles. The minimum Gasteiger partial charge on any atom is -0.388 e. The smallest absolute Gasteiger partial charge is 0.265 e. The molecule has 1 aliphatic rings. The Bertz CT molecular complexity index is 987. The van der Waals surface area contributed by atoms with E-state index in [1.54, 1.807) is 17.0 Å². The van der Waals surface area contributed by atoms with Crippen LogP contribution in [0, 0.1) is 5.82 Å². The second-order valence-corrected chi connectivity index (χ2v) is 7.99. The van der Waals surface area contributed by atoms with Gasteiger partial charge in [0.15, 0.2) is 0 Å². The van der Waals surface area contributed by atoms with Crippen LogP contribution in [0.1, 0.15) is 24.8 Å². The first-order valence-corrected chi connectivity index (χ1v) is 9.97. The summed E-state index contributed by atoms with van der Waals surface area (Å²) in [6.45, 7) is 1.62. The highest BCUT2D eigenvalue weighted by atomic mass is 19.1. The molecule has 162 valence electrons. The van der Waals surface area contributed by atoms with E-state index in [-0.39, 0.29) is 18.3 Å². The maximum atomic E-state index is 13.1. The summed E-state index contributed by atoms with van der Waals surface area (Å²) in [4.78, 5) is 39.4. The molecule has 3 rings (SSSR count). The fraction of sp³-hybridized carbons (Fsp3) is 0.476. The van der Waals surface area contributed by atoms with E-state index in [0.717, 1.165) is 22.4 Å². The molecule has 0 unspecified atom stereocenters. The Labute approximate surface area is 173 Å². The van der Waals surface area contributed by atoms with Crippen LogP contribution in [-0.2, 0) is 17.9 Å². The maximum absolute atomic E-state index is 13.1. The molecule has 1 atom stereocenters. The van der Waals surface area contributed by atoms with Crippen molar-refractivity contribution in [2.45, 2.75) is 38.0 Å². The van der Waals surface area contributed by atoms with Gasteiger partial charge in [0.2, 0.25) is 5.91 Å². The van der Waals surface area contributed by atoms with Crippen LogP contribution in [-0.4, -0.2) is 62.9 Å². The van der Waals surface area contributed by atoms with Crippen LogP contribution >= 0.6 is 0 Å². The van der Waals surface area contributed by atoms with Crippen molar-refractivity contribution < 1.29 is 14.3 Å². The minimum atomic E-state index is -0.943. The topological polar surface area (TPSA) is 98.6 Å². The third-order valence-electron chi connectivity index (χ3n) is 5.38. The van der Waals surface area contributed by atoms with Crippen molar-refractivity contribution >= 4 is 5.91 Å². The SMILES string of the molecule is CN(Cc1ccc(F)cc1)C[C@]1(O)CCCN(C(=O)Cn2[nH]c(=O)ccc2=O)CC1. The zero-order valence-corrected chi connectivity index (χ0v) is 17.0. The Kier molecular flexibility index (Phi) is 6.84. The molecule has 2 heterocycles. The fourth-order valence-electron chi connectivity index (χ4n) is 3.86. The minimum absolute atomic E-state index is 0.238. The number of nitrogens with one attached hydrogen (secondary N) is 1. The molecule has 1 amide bonds. The highest BCUT2D eigenvalue weighted by Crippen LogP contribution is 2.24. The van der Waals surface area contributed by atoms with Crippen LogP contribution in [0.25, 0.3) is 0 Å². The molecule has 0 aliphatic carbocycles. The van der Waals surface area contributed by atoms with Gasteiger partial charge in [-0.15, -0.1) is 0 Å². The molecule has 0 saturated carbocycles. The molecule has 2 N–H and O–H groups in total. The monoisotopic (exact) mass is 418 g/mol. The lowest BCUT2D eigenvalue weighted by atomic mass is 9.94. The lowest BCUT2D eigenvalue weighted by Gasteiger charge is -2.31. The van der Waals surface area contributed by atoms with E-state index in [4.69, 9.17) is 0 Å². The number of carbonyl (C=O) groups is 1. The first kappa shape index (κ1) is 21.9. The summed E-state index contributed by atoms with van der Waals surface area (Å²) in [6.07, 6.45) is 1.59. The summed E-state index contributed by atoms with van der Waals surface area (Å²) < 4.78 is 14.1. The van der Waals surface area contributed by atoms with Gasteiger partial charge in [-0.3, -0.25) is 24.4 Å². The number of rotatable bonds is 6. The molecule has 2 aromatic rings. The largest absolute Gasteiger partial charge is 0.388 e. The maximum Gasteiger partial charge on any atom is 0.265 e. The molecule has 1 saturated heterocycles. The summed E-state index contributed by atoms with van der Waals surface area (Å²) in [5, 5.41) is 13.4. The van der Waals surface area contributed by atoms with Crippen LogP contribution in [0.4, 0.5) is 4.39 Å². The molecule has 8 nitrogen and oxygen atoms in total. The van der Waals surface area contributed by atoms with E-state index in [2.05, 4.69) is 5.10 Å². The third-order valence-corrected chi connectivity index (χ3v) is 5.38. The van der Waals surface area contributed by atoms with Gasteiger partial charge in [0.1, 0.15) is 12.4 Å². The molecule has 0 spiro atoms. The Morgan fingerprint density at radius 2 is 1.90 bits per heavy atom. The fourth-order valence-corrected chi connectivity index (χ4v) is 3.86. The number of carbonyl (C=O) groups excluding carboxylic acids is 1. The number of amides is 1. The second kappa shape index (κ2) is 9.36. The van der Waals surface area contributed by atoms with Crippen molar-refractivity contribution in [3.05, 3.63) is 68.5 Å². The molecular formula is C21H27FN4O4. The normalized spacial score (nSPS) is 19.7. The standard InChI is InChI=1S/C21H27FN4O4/c1-24(13-16-3-5-17(22)6-4-16)15-21(30)9-2-11-25(12-10-21)20(29)14-26-19(28)8-7-18(27)23-26/h3-8,30H,2,9-15H2,1H3,(H,23,27)/t21-/m0/s1. The van der Waals surface area contributed by atoms with Crippen molar-refractivity contribution in [1.82, 2.24) is 19.6 Å². The number of aromatic nitrogens is 2. The predicted octanol–water partition coefficient (Wildman–Crippen LogP) is 0.551. The quantitative estimate of drug-likeness (QED) is 0.714. The Balaban J connectivity index is 1.56. The number of halogens is 1. The predicted molar refractivity (Wildman–Crippen MR) is 109 cm³/mol. The zero-order chi connectivity index (χ0) is 21.7. The van der Waals surface area contributed by atoms with Gasteiger partial charge >= 0.3 is 0 Å².